The van der Waals surface area contributed by atoms with Gasteiger partial charge < -0.3 is 9.72 Å². The molecule has 1 aliphatic carbocycles. The van der Waals surface area contributed by atoms with Crippen LogP contribution in [0, 0.1) is 16.5 Å². The molecule has 2 rings (SSSR count). The quantitative estimate of drug-likeness (QED) is 0.706. The molecule has 1 aromatic rings. The van der Waals surface area contributed by atoms with Gasteiger partial charge in [0.2, 0.25) is 0 Å². The summed E-state index contributed by atoms with van der Waals surface area (Å²) in [6, 6.07) is 0. The lowest BCUT2D eigenvalue weighted by atomic mass is 9.85. The highest BCUT2D eigenvalue weighted by Gasteiger charge is 2.27. The number of nitrogens with zero attached hydrogens (tertiary/aromatic N) is 1. The lowest BCUT2D eigenvalue weighted by molar-refractivity contribution is 0.0286. The average Bonchev–Trinajstić information content (AvgIpc) is 2.45. The van der Waals surface area contributed by atoms with Crippen molar-refractivity contribution in [2.75, 3.05) is 7.11 Å². The Morgan fingerprint density at radius 2 is 2.00 bits per heavy atom. The van der Waals surface area contributed by atoms with Crippen LogP contribution >= 0.6 is 28.1 Å². The molecule has 118 valence electrons. The zero-order valence-electron chi connectivity index (χ0n) is 13.1. The first-order valence-corrected chi connectivity index (χ1v) is 9.04. The van der Waals surface area contributed by atoms with Crippen molar-refractivity contribution in [2.24, 2.45) is 11.8 Å². The third-order valence-electron chi connectivity index (χ3n) is 4.17. The maximum absolute atomic E-state index is 5.78. The smallest absolute Gasteiger partial charge is 0.144 e. The van der Waals surface area contributed by atoms with Gasteiger partial charge >= 0.3 is 0 Å². The lowest BCUT2D eigenvalue weighted by Gasteiger charge is -2.29. The van der Waals surface area contributed by atoms with Crippen molar-refractivity contribution in [1.82, 2.24) is 9.97 Å². The monoisotopic (exact) mass is 372 g/mol. The Morgan fingerprint density at radius 3 is 2.57 bits per heavy atom. The number of H-pyrrole nitrogens is 1. The molecule has 1 fully saturated rings. The minimum absolute atomic E-state index is 0.0333. The van der Waals surface area contributed by atoms with Gasteiger partial charge in [-0.15, -0.1) is 0 Å². The second kappa shape index (κ2) is 7.84. The highest BCUT2D eigenvalue weighted by atomic mass is 79.9. The summed E-state index contributed by atoms with van der Waals surface area (Å²) in [6.45, 7) is 4.41. The maximum atomic E-state index is 5.78. The van der Waals surface area contributed by atoms with Gasteiger partial charge in [0.05, 0.1) is 4.47 Å². The number of aromatic nitrogens is 2. The summed E-state index contributed by atoms with van der Waals surface area (Å²) in [5.74, 6) is 2.01. The fourth-order valence-electron chi connectivity index (χ4n) is 3.17. The van der Waals surface area contributed by atoms with Gasteiger partial charge in [-0.3, -0.25) is 0 Å². The van der Waals surface area contributed by atoms with Gasteiger partial charge in [0.15, 0.2) is 0 Å². The summed E-state index contributed by atoms with van der Waals surface area (Å²) in [6.07, 6.45) is 7.36. The van der Waals surface area contributed by atoms with Gasteiger partial charge in [0, 0.05) is 12.8 Å². The van der Waals surface area contributed by atoms with Gasteiger partial charge in [-0.25, -0.2) is 4.98 Å². The summed E-state index contributed by atoms with van der Waals surface area (Å²) >= 11 is 8.99. The molecule has 1 atom stereocenters. The number of hydrogen-bond donors (Lipinski definition) is 1. The molecule has 0 radical (unpaired) electrons. The molecule has 0 amide bonds. The summed E-state index contributed by atoms with van der Waals surface area (Å²) in [7, 11) is 1.78. The summed E-state index contributed by atoms with van der Waals surface area (Å²) < 4.78 is 7.34. The van der Waals surface area contributed by atoms with E-state index in [-0.39, 0.29) is 6.10 Å². The Hall–Kier alpha value is -0.260. The number of hydrogen-bond acceptors (Lipinski definition) is 3. The highest BCUT2D eigenvalue weighted by Crippen LogP contribution is 2.35. The van der Waals surface area contributed by atoms with Crippen molar-refractivity contribution in [2.45, 2.75) is 58.5 Å². The van der Waals surface area contributed by atoms with Gasteiger partial charge in [0.25, 0.3) is 0 Å². The molecule has 1 N–H and O–H groups in total. The summed E-state index contributed by atoms with van der Waals surface area (Å²) in [5, 5.41) is 0. The summed E-state index contributed by atoms with van der Waals surface area (Å²) in [4.78, 5) is 8.06. The van der Waals surface area contributed by atoms with Crippen LogP contribution in [0.15, 0.2) is 4.47 Å². The molecule has 1 aromatic heterocycles. The molecule has 0 saturated heterocycles. The molecular formula is C16H25BrN2OS. The SMILES string of the molecule is COC(c1nc(=S)c(Br)c(CC(C)C)[nH]1)C1CCCCC1. The molecule has 0 aliphatic heterocycles. The first kappa shape index (κ1) is 17.1. The van der Waals surface area contributed by atoms with Crippen LogP contribution < -0.4 is 0 Å². The van der Waals surface area contributed by atoms with Crippen molar-refractivity contribution >= 4 is 28.1 Å². The molecule has 0 aromatic carbocycles. The molecule has 1 heterocycles. The summed E-state index contributed by atoms with van der Waals surface area (Å²) in [5.41, 5.74) is 1.14. The van der Waals surface area contributed by atoms with Crippen LogP contribution in [-0.4, -0.2) is 17.1 Å². The fraction of sp³-hybridized carbons (Fsp3) is 0.750. The van der Waals surface area contributed by atoms with E-state index in [2.05, 4.69) is 39.7 Å². The third kappa shape index (κ3) is 4.36. The van der Waals surface area contributed by atoms with Crippen molar-refractivity contribution in [1.29, 1.82) is 0 Å². The molecule has 5 heteroatoms. The van der Waals surface area contributed by atoms with Gasteiger partial charge in [-0.1, -0.05) is 45.3 Å². The van der Waals surface area contributed by atoms with E-state index in [4.69, 9.17) is 17.0 Å². The van der Waals surface area contributed by atoms with Crippen LogP contribution in [0.1, 0.15) is 63.6 Å². The molecular weight excluding hydrogens is 348 g/mol. The maximum Gasteiger partial charge on any atom is 0.144 e. The van der Waals surface area contributed by atoms with E-state index in [1.54, 1.807) is 7.11 Å². The zero-order chi connectivity index (χ0) is 15.4. The zero-order valence-corrected chi connectivity index (χ0v) is 15.5. The Kier molecular flexibility index (Phi) is 6.38. The fourth-order valence-corrected chi connectivity index (χ4v) is 3.74. The van der Waals surface area contributed by atoms with Gasteiger partial charge in [0.1, 0.15) is 16.6 Å². The van der Waals surface area contributed by atoms with Crippen molar-refractivity contribution < 1.29 is 4.74 Å². The Morgan fingerprint density at radius 1 is 1.33 bits per heavy atom. The number of nitrogens with one attached hydrogen (secondary N) is 1. The van der Waals surface area contributed by atoms with Crippen molar-refractivity contribution in [3.8, 4) is 0 Å². The predicted octanol–water partition coefficient (Wildman–Crippen LogP) is 5.37. The van der Waals surface area contributed by atoms with E-state index in [0.717, 1.165) is 22.4 Å². The first-order valence-electron chi connectivity index (χ1n) is 7.84. The number of methoxy groups -OCH3 is 1. The Balaban J connectivity index is 2.32. The number of halogens is 1. The van der Waals surface area contributed by atoms with Crippen LogP contribution in [0.25, 0.3) is 0 Å². The van der Waals surface area contributed by atoms with Crippen LogP contribution in [0.5, 0.6) is 0 Å². The Bertz CT molecular complexity index is 523. The first-order chi connectivity index (χ1) is 10.0. The topological polar surface area (TPSA) is 37.9 Å². The highest BCUT2D eigenvalue weighted by molar-refractivity contribution is 9.10. The molecule has 1 aliphatic rings. The van der Waals surface area contributed by atoms with Crippen molar-refractivity contribution in [3.05, 3.63) is 20.6 Å². The second-order valence-electron chi connectivity index (χ2n) is 6.37. The van der Waals surface area contributed by atoms with E-state index >= 15 is 0 Å². The normalized spacial score (nSPS) is 18.1. The molecule has 1 saturated carbocycles. The molecule has 3 nitrogen and oxygen atoms in total. The molecule has 0 spiro atoms. The standard InChI is InChI=1S/C16H25BrN2OS/c1-10(2)9-12-13(17)16(21)19-15(18-12)14(20-3)11-7-5-4-6-8-11/h10-11,14H,4-9H2,1-3H3,(H,18,19,21). The van der Waals surface area contributed by atoms with Gasteiger partial charge in [-0.2, -0.15) is 0 Å². The Labute approximate surface area is 141 Å². The molecule has 21 heavy (non-hydrogen) atoms. The average molecular weight is 373 g/mol. The number of rotatable bonds is 5. The second-order valence-corrected chi connectivity index (χ2v) is 7.55. The van der Waals surface area contributed by atoms with Crippen LogP contribution in [0.3, 0.4) is 0 Å². The van der Waals surface area contributed by atoms with E-state index in [1.165, 1.54) is 32.1 Å². The minimum atomic E-state index is 0.0333. The number of aromatic amines is 1. The van der Waals surface area contributed by atoms with Gasteiger partial charge in [-0.05, 0) is 47.0 Å². The van der Waals surface area contributed by atoms with E-state index < -0.39 is 0 Å². The van der Waals surface area contributed by atoms with Crippen LogP contribution in [-0.2, 0) is 11.2 Å². The van der Waals surface area contributed by atoms with Crippen LogP contribution in [0.4, 0.5) is 0 Å². The molecule has 1 unspecified atom stereocenters. The van der Waals surface area contributed by atoms with E-state index in [9.17, 15) is 0 Å². The van der Waals surface area contributed by atoms with Crippen LogP contribution in [0.2, 0.25) is 0 Å². The van der Waals surface area contributed by atoms with E-state index in [1.807, 2.05) is 0 Å². The third-order valence-corrected chi connectivity index (χ3v) is 5.58. The minimum Gasteiger partial charge on any atom is -0.373 e. The largest absolute Gasteiger partial charge is 0.373 e. The predicted molar refractivity (Wildman–Crippen MR) is 92.0 cm³/mol. The van der Waals surface area contributed by atoms with Crippen molar-refractivity contribution in [3.63, 3.8) is 0 Å². The molecule has 0 bridgehead atoms. The lowest BCUT2D eigenvalue weighted by Crippen LogP contribution is -2.21. The van der Waals surface area contributed by atoms with E-state index in [0.29, 0.717) is 16.5 Å². The number of ether oxygens (including phenoxy) is 1.